The first-order valence-corrected chi connectivity index (χ1v) is 23.3. The molecule has 4 heterocycles. The van der Waals surface area contributed by atoms with E-state index in [1.54, 1.807) is 23.1 Å². The molecule has 0 aromatic heterocycles. The number of amides is 3. The maximum atomic E-state index is 14.8. The van der Waals surface area contributed by atoms with Gasteiger partial charge in [0.15, 0.2) is 0 Å². The van der Waals surface area contributed by atoms with Gasteiger partial charge in [0.1, 0.15) is 30.4 Å². The van der Waals surface area contributed by atoms with E-state index in [9.17, 15) is 41.7 Å². The van der Waals surface area contributed by atoms with Crippen LogP contribution in [0, 0.1) is 21.7 Å². The molecule has 0 spiro atoms. The highest BCUT2D eigenvalue weighted by molar-refractivity contribution is 8.13. The lowest BCUT2D eigenvalue weighted by molar-refractivity contribution is -0.385. The van der Waals surface area contributed by atoms with Gasteiger partial charge in [-0.1, -0.05) is 43.3 Å². The van der Waals surface area contributed by atoms with Crippen LogP contribution in [0.4, 0.5) is 51.6 Å². The number of non-ortho nitro benzene ring substituents is 1. The van der Waals surface area contributed by atoms with E-state index in [1.165, 1.54) is 46.6 Å². The minimum Gasteiger partial charge on any atom is -0.445 e. The number of nitro groups is 1. The molecule has 4 aromatic rings. The first-order chi connectivity index (χ1) is 31.1. The number of rotatable bonds is 10. The number of ether oxygens (including phenoxy) is 3. The summed E-state index contributed by atoms with van der Waals surface area (Å²) in [5, 5.41) is 19.4. The summed E-state index contributed by atoms with van der Waals surface area (Å²) in [4.78, 5) is 53.7. The number of hydrogen-bond acceptors (Lipinski definition) is 13. The molecule has 8 rings (SSSR count). The number of halogens is 3. The number of aliphatic hydroxyl groups excluding tert-OH is 1. The highest BCUT2D eigenvalue weighted by Crippen LogP contribution is 2.31. The summed E-state index contributed by atoms with van der Waals surface area (Å²) in [6.45, 7) is 6.17. The zero-order valence-corrected chi connectivity index (χ0v) is 37.0. The fourth-order valence-electron chi connectivity index (χ4n) is 7.44. The number of carbonyl (C=O) groups excluding carboxylic acids is 3. The summed E-state index contributed by atoms with van der Waals surface area (Å²) in [6, 6.07) is 23.6. The molecule has 4 saturated heterocycles. The Morgan fingerprint density at radius 3 is 1.83 bits per heavy atom. The molecular formula is C44H49ClF2N6O11S. The van der Waals surface area contributed by atoms with Crippen LogP contribution in [0.15, 0.2) is 95.9 Å². The molecule has 21 heteroatoms. The second-order valence-corrected chi connectivity index (χ2v) is 17.9. The van der Waals surface area contributed by atoms with Crippen LogP contribution >= 0.6 is 10.7 Å². The number of piperazine rings is 1. The Hall–Kier alpha value is -6.25. The van der Waals surface area contributed by atoms with Crippen molar-refractivity contribution in [2.45, 2.75) is 56.3 Å². The molecule has 0 saturated carbocycles. The average Bonchev–Trinajstić information content (AvgIpc) is 3.90. The lowest BCUT2D eigenvalue weighted by Crippen LogP contribution is -2.49. The third kappa shape index (κ3) is 12.7. The summed E-state index contributed by atoms with van der Waals surface area (Å²) in [7, 11) is 1.09. The van der Waals surface area contributed by atoms with E-state index in [4.69, 9.17) is 30.0 Å². The Kier molecular flexibility index (Phi) is 16.4. The van der Waals surface area contributed by atoms with Gasteiger partial charge in [0, 0.05) is 62.1 Å². The third-order valence-electron chi connectivity index (χ3n) is 11.0. The van der Waals surface area contributed by atoms with Crippen LogP contribution in [0.1, 0.15) is 38.2 Å². The van der Waals surface area contributed by atoms with Gasteiger partial charge >= 0.3 is 18.3 Å². The molecule has 4 aliphatic rings. The largest absolute Gasteiger partial charge is 0.445 e. The van der Waals surface area contributed by atoms with Gasteiger partial charge in [0.05, 0.1) is 52.3 Å². The van der Waals surface area contributed by atoms with E-state index in [2.05, 4.69) is 4.90 Å². The average molecular weight is 943 g/mol. The van der Waals surface area contributed by atoms with Gasteiger partial charge in [-0.05, 0) is 73.7 Å². The molecule has 3 amide bonds. The van der Waals surface area contributed by atoms with Gasteiger partial charge in [-0.2, -0.15) is 0 Å². The molecule has 4 aromatic carbocycles. The number of piperidine rings is 1. The first-order valence-electron chi connectivity index (χ1n) is 21.0. The predicted molar refractivity (Wildman–Crippen MR) is 238 cm³/mol. The highest BCUT2D eigenvalue weighted by Gasteiger charge is 2.34. The Bertz CT molecular complexity index is 2430. The van der Waals surface area contributed by atoms with Crippen LogP contribution in [-0.2, 0) is 29.9 Å². The van der Waals surface area contributed by atoms with E-state index in [-0.39, 0.29) is 54.4 Å². The Morgan fingerprint density at radius 2 is 1.34 bits per heavy atom. The van der Waals surface area contributed by atoms with Crippen molar-refractivity contribution in [1.29, 1.82) is 0 Å². The smallest absolute Gasteiger partial charge is 0.414 e. The quantitative estimate of drug-likeness (QED) is 0.0705. The van der Waals surface area contributed by atoms with E-state index in [1.807, 2.05) is 48.2 Å². The topological polar surface area (TPSA) is 193 Å². The van der Waals surface area contributed by atoms with Crippen molar-refractivity contribution in [3.63, 3.8) is 0 Å². The minimum absolute atomic E-state index is 0.0951. The van der Waals surface area contributed by atoms with Crippen molar-refractivity contribution in [1.82, 2.24) is 4.90 Å². The lowest BCUT2D eigenvalue weighted by atomic mass is 10.1. The number of cyclic esters (lactones) is 2. The molecule has 0 bridgehead atoms. The van der Waals surface area contributed by atoms with Gasteiger partial charge < -0.3 is 34.0 Å². The van der Waals surface area contributed by atoms with Crippen molar-refractivity contribution in [2.24, 2.45) is 0 Å². The second kappa shape index (κ2) is 22.1. The van der Waals surface area contributed by atoms with Gasteiger partial charge in [-0.15, -0.1) is 0 Å². The van der Waals surface area contributed by atoms with Crippen molar-refractivity contribution >= 4 is 66.4 Å². The molecule has 0 unspecified atom stereocenters. The van der Waals surface area contributed by atoms with E-state index < -0.39 is 32.0 Å². The lowest BCUT2D eigenvalue weighted by Gasteiger charge is -2.35. The van der Waals surface area contributed by atoms with E-state index >= 15 is 0 Å². The van der Waals surface area contributed by atoms with Crippen LogP contribution in [0.5, 0.6) is 0 Å². The summed E-state index contributed by atoms with van der Waals surface area (Å²) >= 11 is 0. The third-order valence-corrected chi connectivity index (χ3v) is 12.3. The minimum atomic E-state index is -3.89. The molecule has 348 valence electrons. The number of nitrogens with zero attached hydrogens (tertiary/aromatic N) is 6. The van der Waals surface area contributed by atoms with Crippen LogP contribution in [0.2, 0.25) is 0 Å². The fourth-order valence-corrected chi connectivity index (χ4v) is 8.23. The molecule has 65 heavy (non-hydrogen) atoms. The predicted octanol–water partition coefficient (Wildman–Crippen LogP) is 7.68. The standard InChI is InChI=1S/C22H24FN3O5.C16H21FN2O2.C6H4ClNO4S/c23-19-12-17(26-13-18(14-27)31-22(26)29)6-7-20(19)24-8-10-25(11-9-24)21(28)30-15-16-4-2-1-3-5-16;1-2-13-11-19(16(20)21-13)12-6-7-15(14(17)10-12)18-8-4-3-5-9-18;7-13(11,12)6-3-1-2-5(4-6)8(9)10/h1-7,12,18,27H,8-11,13-15H2;6-7,10,13H,2-5,8-9,11H2,1H3;1-4H/t18-;13-;/m10./s1. The molecule has 17 nitrogen and oxygen atoms in total. The normalized spacial score (nSPS) is 18.5. The second-order valence-electron chi connectivity index (χ2n) is 15.3. The molecular weight excluding hydrogens is 894 g/mol. The summed E-state index contributed by atoms with van der Waals surface area (Å²) in [5.74, 6) is -0.722. The zero-order chi connectivity index (χ0) is 46.7. The van der Waals surface area contributed by atoms with Gasteiger partial charge in [0.25, 0.3) is 14.7 Å². The maximum absolute atomic E-state index is 14.8. The Labute approximate surface area is 379 Å². The van der Waals surface area contributed by atoms with Crippen LogP contribution in [0.25, 0.3) is 0 Å². The number of aliphatic hydroxyl groups is 1. The maximum Gasteiger partial charge on any atom is 0.414 e. The Morgan fingerprint density at radius 1 is 0.785 bits per heavy atom. The zero-order valence-electron chi connectivity index (χ0n) is 35.5. The molecule has 4 fully saturated rings. The Balaban J connectivity index is 0.000000177. The molecule has 2 atom stereocenters. The number of nitro benzene ring substituents is 1. The first kappa shape index (κ1) is 48.2. The summed E-state index contributed by atoms with van der Waals surface area (Å²) in [6.07, 6.45) is 2.14. The number of hydrogen-bond donors (Lipinski definition) is 1. The van der Waals surface area contributed by atoms with Crippen molar-refractivity contribution in [2.75, 3.05) is 78.6 Å². The summed E-state index contributed by atoms with van der Waals surface area (Å²) in [5.41, 5.74) is 2.62. The van der Waals surface area contributed by atoms with Crippen molar-refractivity contribution < 1.29 is 55.8 Å². The van der Waals surface area contributed by atoms with Crippen LogP contribution < -0.4 is 19.6 Å². The number of carbonyl (C=O) groups is 3. The fraction of sp³-hybridized carbons (Fsp3) is 0.386. The van der Waals surface area contributed by atoms with Crippen molar-refractivity contribution in [3.05, 3.63) is 118 Å². The SMILES string of the molecule is CC[C@H]1CN(c2ccc(N3CCCCC3)c(F)c2)C(=O)O1.O=C(OCc1ccccc1)N1CCN(c2ccc(N3C[C@H](CO)OC3=O)cc2F)CC1.O=[N+]([O-])c1cccc(S(=O)(=O)Cl)c1. The number of anilines is 4. The van der Waals surface area contributed by atoms with Crippen molar-refractivity contribution in [3.8, 4) is 0 Å². The highest BCUT2D eigenvalue weighted by atomic mass is 35.7. The molecule has 0 aliphatic carbocycles. The van der Waals surface area contributed by atoms with E-state index in [0.29, 0.717) is 55.5 Å². The van der Waals surface area contributed by atoms with Gasteiger partial charge in [-0.3, -0.25) is 19.9 Å². The molecule has 1 N–H and O–H groups in total. The monoisotopic (exact) mass is 942 g/mol. The van der Waals surface area contributed by atoms with Gasteiger partial charge in [0.2, 0.25) is 0 Å². The summed E-state index contributed by atoms with van der Waals surface area (Å²) < 4.78 is 66.2. The van der Waals surface area contributed by atoms with Gasteiger partial charge in [-0.25, -0.2) is 31.6 Å². The van der Waals surface area contributed by atoms with Crippen LogP contribution in [-0.4, -0.2) is 113 Å². The van der Waals surface area contributed by atoms with E-state index in [0.717, 1.165) is 44.0 Å². The molecule has 4 aliphatic heterocycles. The van der Waals surface area contributed by atoms with Crippen LogP contribution in [0.3, 0.4) is 0 Å². The number of benzene rings is 4. The molecule has 0 radical (unpaired) electrons.